The number of nitrogens with zero attached hydrogens (tertiary/aromatic N) is 4. The number of aliphatic imine (C=N–C) groups is 1. The van der Waals surface area contributed by atoms with Gasteiger partial charge in [0.2, 0.25) is 0 Å². The second kappa shape index (κ2) is 9.87. The monoisotopic (exact) mass is 412 g/mol. The molecular formula is C21H28N6OS. The number of guanidine groups is 1. The summed E-state index contributed by atoms with van der Waals surface area (Å²) >= 11 is 1.81. The minimum Gasteiger partial charge on any atom is -0.379 e. The lowest BCUT2D eigenvalue weighted by Crippen LogP contribution is -2.46. The quantitative estimate of drug-likeness (QED) is 0.460. The molecule has 0 radical (unpaired) electrons. The van der Waals surface area contributed by atoms with Crippen molar-refractivity contribution in [3.63, 3.8) is 0 Å². The molecule has 1 fully saturated rings. The van der Waals surface area contributed by atoms with E-state index in [2.05, 4.69) is 53.6 Å². The smallest absolute Gasteiger partial charge is 0.191 e. The van der Waals surface area contributed by atoms with Crippen molar-refractivity contribution in [2.45, 2.75) is 12.5 Å². The second-order valence-corrected chi connectivity index (χ2v) is 7.99. The van der Waals surface area contributed by atoms with Gasteiger partial charge in [0.05, 0.1) is 24.9 Å². The van der Waals surface area contributed by atoms with Crippen LogP contribution in [0.25, 0.3) is 5.65 Å². The number of rotatable bonds is 7. The van der Waals surface area contributed by atoms with Crippen molar-refractivity contribution in [3.8, 4) is 0 Å². The molecule has 7 nitrogen and oxygen atoms in total. The van der Waals surface area contributed by atoms with E-state index in [0.717, 1.165) is 63.1 Å². The predicted octanol–water partition coefficient (Wildman–Crippen LogP) is 2.18. The van der Waals surface area contributed by atoms with Crippen molar-refractivity contribution >= 4 is 22.9 Å². The fourth-order valence-electron chi connectivity index (χ4n) is 3.61. The van der Waals surface area contributed by atoms with Crippen LogP contribution in [0.5, 0.6) is 0 Å². The van der Waals surface area contributed by atoms with Crippen molar-refractivity contribution in [3.05, 3.63) is 58.7 Å². The van der Waals surface area contributed by atoms with Crippen LogP contribution in [0.15, 0.2) is 53.1 Å². The van der Waals surface area contributed by atoms with Gasteiger partial charge < -0.3 is 19.8 Å². The molecule has 1 saturated heterocycles. The lowest BCUT2D eigenvalue weighted by atomic mass is 10.2. The number of aromatic nitrogens is 2. The Hall–Kier alpha value is -2.42. The number of ether oxygens (including phenoxy) is 1. The number of hydrogen-bond donors (Lipinski definition) is 2. The Balaban J connectivity index is 1.30. The Morgan fingerprint density at radius 1 is 1.24 bits per heavy atom. The van der Waals surface area contributed by atoms with E-state index in [1.807, 2.05) is 42.8 Å². The van der Waals surface area contributed by atoms with E-state index in [1.165, 1.54) is 4.88 Å². The van der Waals surface area contributed by atoms with E-state index in [1.54, 1.807) is 0 Å². The summed E-state index contributed by atoms with van der Waals surface area (Å²) in [6.45, 7) is 5.12. The molecule has 4 heterocycles. The van der Waals surface area contributed by atoms with Gasteiger partial charge in [0.15, 0.2) is 5.96 Å². The minimum atomic E-state index is 0.330. The molecule has 154 valence electrons. The van der Waals surface area contributed by atoms with Crippen LogP contribution in [0.1, 0.15) is 16.6 Å². The highest BCUT2D eigenvalue weighted by atomic mass is 32.1. The minimum absolute atomic E-state index is 0.330. The number of morpholine rings is 1. The first-order valence-electron chi connectivity index (χ1n) is 10.1. The third kappa shape index (κ3) is 5.14. The van der Waals surface area contributed by atoms with E-state index in [4.69, 9.17) is 4.74 Å². The molecule has 2 N–H and O–H groups in total. The highest BCUT2D eigenvalue weighted by molar-refractivity contribution is 7.10. The average Bonchev–Trinajstić information content (AvgIpc) is 3.43. The lowest BCUT2D eigenvalue weighted by Gasteiger charge is -2.34. The Kier molecular flexibility index (Phi) is 6.76. The molecule has 4 rings (SSSR count). The molecule has 0 amide bonds. The van der Waals surface area contributed by atoms with Crippen molar-refractivity contribution in [2.75, 3.05) is 46.4 Å². The molecule has 1 aliphatic rings. The first-order chi connectivity index (χ1) is 14.3. The molecule has 0 saturated carbocycles. The third-order valence-corrected chi connectivity index (χ3v) is 6.11. The average molecular weight is 413 g/mol. The van der Waals surface area contributed by atoms with E-state index >= 15 is 0 Å². The SMILES string of the molecule is CN=C(NCCc1cn2ccccc2n1)NCC(c1cccs1)N1CCOCC1. The summed E-state index contributed by atoms with van der Waals surface area (Å²) in [5.74, 6) is 0.823. The first-order valence-corrected chi connectivity index (χ1v) is 10.9. The molecule has 8 heteroatoms. The molecule has 0 spiro atoms. The Morgan fingerprint density at radius 3 is 2.90 bits per heavy atom. The summed E-state index contributed by atoms with van der Waals surface area (Å²) in [4.78, 5) is 12.9. The zero-order valence-corrected chi connectivity index (χ0v) is 17.6. The van der Waals surface area contributed by atoms with Crippen LogP contribution in [0.2, 0.25) is 0 Å². The topological polar surface area (TPSA) is 66.2 Å². The molecule has 0 aromatic carbocycles. The molecule has 1 aliphatic heterocycles. The standard InChI is InChI=1S/C21H28N6OS/c1-22-21(23-8-7-17-16-27-9-3-2-6-20(27)25-17)24-15-18(19-5-4-14-29-19)26-10-12-28-13-11-26/h2-6,9,14,16,18H,7-8,10-13,15H2,1H3,(H2,22,23,24). The van der Waals surface area contributed by atoms with Gasteiger partial charge in [0, 0.05) is 56.9 Å². The maximum absolute atomic E-state index is 5.53. The Bertz CT molecular complexity index is 883. The van der Waals surface area contributed by atoms with Gasteiger partial charge in [-0.1, -0.05) is 12.1 Å². The van der Waals surface area contributed by atoms with Gasteiger partial charge in [-0.25, -0.2) is 4.98 Å². The van der Waals surface area contributed by atoms with Gasteiger partial charge in [-0.05, 0) is 23.6 Å². The number of nitrogens with one attached hydrogen (secondary N) is 2. The number of hydrogen-bond acceptors (Lipinski definition) is 5. The number of imidazole rings is 1. The van der Waals surface area contributed by atoms with E-state index in [9.17, 15) is 0 Å². The molecule has 0 aliphatic carbocycles. The maximum Gasteiger partial charge on any atom is 0.191 e. The fraction of sp³-hybridized carbons (Fsp3) is 0.429. The van der Waals surface area contributed by atoms with Crippen LogP contribution < -0.4 is 10.6 Å². The molecule has 3 aromatic rings. The van der Waals surface area contributed by atoms with Crippen molar-refractivity contribution < 1.29 is 4.74 Å². The summed E-state index contributed by atoms with van der Waals surface area (Å²) in [5.41, 5.74) is 2.05. The summed E-state index contributed by atoms with van der Waals surface area (Å²) in [5, 5.41) is 9.06. The van der Waals surface area contributed by atoms with Crippen LogP contribution in [-0.2, 0) is 11.2 Å². The molecule has 29 heavy (non-hydrogen) atoms. The Morgan fingerprint density at radius 2 is 2.14 bits per heavy atom. The molecule has 3 aromatic heterocycles. The number of pyridine rings is 1. The summed E-state index contributed by atoms with van der Waals surface area (Å²) < 4.78 is 7.58. The Labute approximate surface area is 175 Å². The fourth-order valence-corrected chi connectivity index (χ4v) is 4.47. The van der Waals surface area contributed by atoms with Gasteiger partial charge in [0.25, 0.3) is 0 Å². The zero-order chi connectivity index (χ0) is 19.9. The van der Waals surface area contributed by atoms with Gasteiger partial charge in [-0.2, -0.15) is 0 Å². The van der Waals surface area contributed by atoms with Crippen molar-refractivity contribution in [1.82, 2.24) is 24.9 Å². The molecule has 0 bridgehead atoms. The zero-order valence-electron chi connectivity index (χ0n) is 16.8. The largest absolute Gasteiger partial charge is 0.379 e. The normalized spacial score (nSPS) is 16.8. The van der Waals surface area contributed by atoms with Crippen LogP contribution in [-0.4, -0.2) is 66.7 Å². The molecule has 1 unspecified atom stereocenters. The number of fused-ring (bicyclic) bond motifs is 1. The van der Waals surface area contributed by atoms with E-state index in [-0.39, 0.29) is 0 Å². The first kappa shape index (κ1) is 19.9. The van der Waals surface area contributed by atoms with Crippen LogP contribution >= 0.6 is 11.3 Å². The maximum atomic E-state index is 5.53. The predicted molar refractivity (Wildman–Crippen MR) is 118 cm³/mol. The van der Waals surface area contributed by atoms with Crippen LogP contribution in [0.4, 0.5) is 0 Å². The highest BCUT2D eigenvalue weighted by Gasteiger charge is 2.23. The summed E-state index contributed by atoms with van der Waals surface area (Å²) in [6, 6.07) is 10.7. The van der Waals surface area contributed by atoms with Crippen molar-refractivity contribution in [2.24, 2.45) is 4.99 Å². The van der Waals surface area contributed by atoms with Crippen molar-refractivity contribution in [1.29, 1.82) is 0 Å². The van der Waals surface area contributed by atoms with Gasteiger partial charge in [0.1, 0.15) is 5.65 Å². The molecule has 1 atom stereocenters. The summed E-state index contributed by atoms with van der Waals surface area (Å²) in [7, 11) is 1.81. The van der Waals surface area contributed by atoms with Gasteiger partial charge >= 0.3 is 0 Å². The van der Waals surface area contributed by atoms with E-state index < -0.39 is 0 Å². The number of thiophene rings is 1. The van der Waals surface area contributed by atoms with Crippen LogP contribution in [0.3, 0.4) is 0 Å². The summed E-state index contributed by atoms with van der Waals surface area (Å²) in [6.07, 6.45) is 4.95. The highest BCUT2D eigenvalue weighted by Crippen LogP contribution is 2.25. The van der Waals surface area contributed by atoms with E-state index in [0.29, 0.717) is 6.04 Å². The third-order valence-electron chi connectivity index (χ3n) is 5.13. The molecular weight excluding hydrogens is 384 g/mol. The van der Waals surface area contributed by atoms with Gasteiger partial charge in [-0.3, -0.25) is 9.89 Å². The second-order valence-electron chi connectivity index (χ2n) is 7.01. The van der Waals surface area contributed by atoms with Crippen LogP contribution in [0, 0.1) is 0 Å². The van der Waals surface area contributed by atoms with Gasteiger partial charge in [-0.15, -0.1) is 11.3 Å². The lowest BCUT2D eigenvalue weighted by molar-refractivity contribution is 0.0177.